The summed E-state index contributed by atoms with van der Waals surface area (Å²) in [6, 6.07) is 5.86. The third kappa shape index (κ3) is 5.32. The number of nitrogens with one attached hydrogen (secondary N) is 2. The highest BCUT2D eigenvalue weighted by Gasteiger charge is 2.11. The summed E-state index contributed by atoms with van der Waals surface area (Å²) < 4.78 is 22.6. The van der Waals surface area contributed by atoms with Crippen LogP contribution in [0, 0.1) is 5.41 Å². The largest absolute Gasteiger partial charge is 0.477 e. The lowest BCUT2D eigenvalue weighted by Crippen LogP contribution is -2.20. The molecule has 0 saturated heterocycles. The van der Waals surface area contributed by atoms with Gasteiger partial charge in [0.2, 0.25) is 0 Å². The van der Waals surface area contributed by atoms with Crippen LogP contribution in [0.3, 0.4) is 0 Å². The molecule has 0 unspecified atom stereocenters. The highest BCUT2D eigenvalue weighted by molar-refractivity contribution is 7.90. The first-order valence-electron chi connectivity index (χ1n) is 5.27. The Bertz CT molecular complexity index is 766. The lowest BCUT2D eigenvalue weighted by Gasteiger charge is -1.97. The fourth-order valence-corrected chi connectivity index (χ4v) is 2.11. The molecule has 1 aromatic carbocycles. The molecular formula is C11H15ClN4O4S. The highest BCUT2D eigenvalue weighted by Crippen LogP contribution is 2.20. The Morgan fingerprint density at radius 1 is 1.29 bits per heavy atom. The van der Waals surface area contributed by atoms with E-state index in [1.54, 1.807) is 6.07 Å². The van der Waals surface area contributed by atoms with Crippen LogP contribution in [0.4, 0.5) is 0 Å². The number of H-pyrrole nitrogens is 1. The average molecular weight is 335 g/mol. The van der Waals surface area contributed by atoms with Crippen LogP contribution in [-0.4, -0.2) is 36.7 Å². The first-order chi connectivity index (χ1) is 9.11. The Labute approximate surface area is 127 Å². The van der Waals surface area contributed by atoms with Gasteiger partial charge in [-0.3, -0.25) is 5.41 Å². The van der Waals surface area contributed by atoms with E-state index in [1.165, 1.54) is 18.2 Å². The molecule has 0 bridgehead atoms. The summed E-state index contributed by atoms with van der Waals surface area (Å²) in [5, 5.41) is 15.4. The molecule has 8 nitrogen and oxygen atoms in total. The molecule has 21 heavy (non-hydrogen) atoms. The van der Waals surface area contributed by atoms with Crippen LogP contribution in [0.2, 0.25) is 0 Å². The van der Waals surface area contributed by atoms with Crippen LogP contribution in [0.25, 0.3) is 10.9 Å². The molecule has 0 spiro atoms. The average Bonchev–Trinajstić information content (AvgIpc) is 2.69. The van der Waals surface area contributed by atoms with E-state index in [2.05, 4.69) is 16.5 Å². The smallest absolute Gasteiger partial charge is 0.352 e. The van der Waals surface area contributed by atoms with Crippen molar-refractivity contribution in [2.75, 3.05) is 6.26 Å². The monoisotopic (exact) mass is 334 g/mol. The molecule has 2 rings (SSSR count). The van der Waals surface area contributed by atoms with Gasteiger partial charge in [-0.1, -0.05) is 0 Å². The van der Waals surface area contributed by atoms with Crippen molar-refractivity contribution in [3.05, 3.63) is 30.0 Å². The summed E-state index contributed by atoms with van der Waals surface area (Å²) in [7, 11) is -3.27. The first-order valence-corrected chi connectivity index (χ1v) is 7.16. The van der Waals surface area contributed by atoms with Crippen molar-refractivity contribution in [1.82, 2.24) is 4.98 Å². The second-order valence-corrected chi connectivity index (χ2v) is 5.98. The van der Waals surface area contributed by atoms with Crippen LogP contribution in [-0.2, 0) is 9.84 Å². The molecule has 116 valence electrons. The summed E-state index contributed by atoms with van der Waals surface area (Å²) >= 11 is 0. The number of fused-ring (bicyclic) bond motifs is 1. The van der Waals surface area contributed by atoms with Gasteiger partial charge in [0.1, 0.15) is 5.69 Å². The van der Waals surface area contributed by atoms with Gasteiger partial charge in [-0.15, -0.1) is 12.4 Å². The van der Waals surface area contributed by atoms with E-state index < -0.39 is 15.8 Å². The number of sulfone groups is 1. The normalized spacial score (nSPS) is 10.1. The van der Waals surface area contributed by atoms with Crippen molar-refractivity contribution >= 4 is 45.1 Å². The van der Waals surface area contributed by atoms with E-state index in [9.17, 15) is 13.2 Å². The Hall–Kier alpha value is -2.26. The van der Waals surface area contributed by atoms with Crippen molar-refractivity contribution in [2.24, 2.45) is 11.5 Å². The van der Waals surface area contributed by atoms with Gasteiger partial charge < -0.3 is 21.6 Å². The van der Waals surface area contributed by atoms with Crippen molar-refractivity contribution in [3.8, 4) is 0 Å². The quantitative estimate of drug-likeness (QED) is 0.397. The van der Waals surface area contributed by atoms with Gasteiger partial charge in [-0.2, -0.15) is 0 Å². The highest BCUT2D eigenvalue weighted by atomic mass is 35.5. The van der Waals surface area contributed by atoms with E-state index in [4.69, 9.17) is 10.5 Å². The standard InChI is InChI=1S/C10H9NO4S.CH5N3.ClH/c1-16(14,15)7-2-3-8-6(4-7)5-9(11-8)10(12)13;2-1(3)4;/h2-5,11H,1H3,(H,12,13);(H5,2,3,4);1H. The molecule has 0 aliphatic carbocycles. The summed E-state index contributed by atoms with van der Waals surface area (Å²) in [6.45, 7) is 0. The Morgan fingerprint density at radius 2 is 1.81 bits per heavy atom. The number of rotatable bonds is 2. The topological polar surface area (TPSA) is 163 Å². The maximum Gasteiger partial charge on any atom is 0.352 e. The van der Waals surface area contributed by atoms with Gasteiger partial charge in [0.05, 0.1) is 4.90 Å². The third-order valence-electron chi connectivity index (χ3n) is 2.25. The third-order valence-corrected chi connectivity index (χ3v) is 3.36. The molecule has 7 N–H and O–H groups in total. The van der Waals surface area contributed by atoms with Crippen LogP contribution in [0.1, 0.15) is 10.5 Å². The fraction of sp³-hybridized carbons (Fsp3) is 0.0909. The summed E-state index contributed by atoms with van der Waals surface area (Å²) in [4.78, 5) is 13.6. The summed E-state index contributed by atoms with van der Waals surface area (Å²) in [5.74, 6) is -1.41. The number of carboxylic acids is 1. The number of aromatic amines is 1. The zero-order chi connectivity index (χ0) is 15.5. The molecule has 1 aromatic heterocycles. The maximum atomic E-state index is 11.3. The second-order valence-electron chi connectivity index (χ2n) is 3.96. The summed E-state index contributed by atoms with van der Waals surface area (Å²) in [6.07, 6.45) is 1.11. The number of benzene rings is 1. The number of guanidine groups is 1. The molecular weight excluding hydrogens is 320 g/mol. The van der Waals surface area contributed by atoms with Crippen LogP contribution >= 0.6 is 12.4 Å². The van der Waals surface area contributed by atoms with Gasteiger partial charge in [-0.05, 0) is 24.3 Å². The Kier molecular flexibility index (Phi) is 6.20. The zero-order valence-corrected chi connectivity index (χ0v) is 12.6. The van der Waals surface area contributed by atoms with Gasteiger partial charge in [0.15, 0.2) is 15.8 Å². The SMILES string of the molecule is CS(=O)(=O)c1ccc2[nH]c(C(=O)O)cc2c1.Cl.N=C(N)N. The van der Waals surface area contributed by atoms with E-state index in [0.29, 0.717) is 10.9 Å². The number of aromatic carboxylic acids is 1. The van der Waals surface area contributed by atoms with Crippen LogP contribution < -0.4 is 11.5 Å². The van der Waals surface area contributed by atoms with Crippen LogP contribution in [0.15, 0.2) is 29.2 Å². The predicted octanol–water partition coefficient (Wildman–Crippen LogP) is 0.530. The number of hydrogen-bond acceptors (Lipinski definition) is 4. The maximum absolute atomic E-state index is 11.3. The van der Waals surface area contributed by atoms with Gasteiger partial charge >= 0.3 is 5.97 Å². The Morgan fingerprint density at radius 3 is 2.24 bits per heavy atom. The molecule has 0 aliphatic rings. The number of halogens is 1. The van der Waals surface area contributed by atoms with Gasteiger partial charge in [0, 0.05) is 17.2 Å². The van der Waals surface area contributed by atoms with Crippen molar-refractivity contribution in [1.29, 1.82) is 5.41 Å². The van der Waals surface area contributed by atoms with Crippen molar-refractivity contribution < 1.29 is 18.3 Å². The molecule has 0 aliphatic heterocycles. The van der Waals surface area contributed by atoms with Crippen molar-refractivity contribution in [3.63, 3.8) is 0 Å². The molecule has 0 atom stereocenters. The molecule has 10 heteroatoms. The van der Waals surface area contributed by atoms with Crippen molar-refractivity contribution in [2.45, 2.75) is 4.90 Å². The predicted molar refractivity (Wildman–Crippen MR) is 81.7 cm³/mol. The second kappa shape index (κ2) is 6.95. The molecule has 0 saturated carbocycles. The zero-order valence-electron chi connectivity index (χ0n) is 11.0. The molecule has 1 heterocycles. The van der Waals surface area contributed by atoms with Gasteiger partial charge in [-0.25, -0.2) is 13.2 Å². The van der Waals surface area contributed by atoms with E-state index in [1.807, 2.05) is 0 Å². The fourth-order valence-electron chi connectivity index (χ4n) is 1.46. The number of carboxylic acid groups (broad SMARTS) is 1. The molecule has 0 amide bonds. The van der Waals surface area contributed by atoms with E-state index in [-0.39, 0.29) is 29.0 Å². The Balaban J connectivity index is 0.000000715. The lowest BCUT2D eigenvalue weighted by molar-refractivity contribution is 0.0691. The summed E-state index contributed by atoms with van der Waals surface area (Å²) in [5.41, 5.74) is 9.59. The van der Waals surface area contributed by atoms with E-state index in [0.717, 1.165) is 6.26 Å². The van der Waals surface area contributed by atoms with E-state index >= 15 is 0 Å². The molecule has 0 radical (unpaired) electrons. The minimum absolute atomic E-state index is 0. The minimum atomic E-state index is -3.27. The molecule has 0 fully saturated rings. The van der Waals surface area contributed by atoms with Gasteiger partial charge in [0.25, 0.3) is 0 Å². The number of carbonyl (C=O) groups is 1. The van der Waals surface area contributed by atoms with Crippen LogP contribution in [0.5, 0.6) is 0 Å². The first kappa shape index (κ1) is 18.7. The number of nitrogens with two attached hydrogens (primary N) is 2. The minimum Gasteiger partial charge on any atom is -0.477 e. The number of hydrogen-bond donors (Lipinski definition) is 5. The lowest BCUT2D eigenvalue weighted by atomic mass is 10.2. The molecule has 2 aromatic rings. The number of aromatic nitrogens is 1.